The molecule has 194 valence electrons. The molecule has 2 nitrogen and oxygen atoms in total. The van der Waals surface area contributed by atoms with Crippen LogP contribution in [-0.4, -0.2) is 5.78 Å². The van der Waals surface area contributed by atoms with Gasteiger partial charge in [0.1, 0.15) is 0 Å². The molecule has 2 aliphatic rings. The summed E-state index contributed by atoms with van der Waals surface area (Å²) < 4.78 is 0. The minimum atomic E-state index is -0.146. The van der Waals surface area contributed by atoms with Crippen molar-refractivity contribution in [2.45, 2.75) is 93.9 Å². The van der Waals surface area contributed by atoms with Gasteiger partial charge >= 0.3 is 0 Å². The Morgan fingerprint density at radius 3 is 1.72 bits per heavy atom. The maximum Gasteiger partial charge on any atom is 0.218 e. The molecule has 0 amide bonds. The van der Waals surface area contributed by atoms with Crippen LogP contribution in [0, 0.1) is 10.8 Å². The molecule has 1 aromatic rings. The van der Waals surface area contributed by atoms with Gasteiger partial charge in [0.2, 0.25) is 21.1 Å². The van der Waals surface area contributed by atoms with Gasteiger partial charge in [-0.1, -0.05) is 86.8 Å². The number of ketones is 1. The molecule has 0 fully saturated rings. The van der Waals surface area contributed by atoms with Crippen molar-refractivity contribution in [2.75, 3.05) is 0 Å². The zero-order chi connectivity index (χ0) is 27.0. The van der Waals surface area contributed by atoms with Crippen LogP contribution in [0.3, 0.4) is 0 Å². The Morgan fingerprint density at radius 1 is 0.861 bits per heavy atom. The Balaban J connectivity index is 1.98. The summed E-state index contributed by atoms with van der Waals surface area (Å²) in [5.74, 6) is 0.509. The van der Waals surface area contributed by atoms with Gasteiger partial charge < -0.3 is 5.11 Å². The molecule has 0 bridgehead atoms. The van der Waals surface area contributed by atoms with E-state index in [2.05, 4.69) is 93.5 Å². The fourth-order valence-electron chi connectivity index (χ4n) is 4.19. The third-order valence-electron chi connectivity index (χ3n) is 5.92. The van der Waals surface area contributed by atoms with Crippen molar-refractivity contribution in [1.82, 2.24) is 0 Å². The first kappa shape index (κ1) is 28.7. The number of hydrogen-bond donors (Lipinski definition) is 0. The van der Waals surface area contributed by atoms with Crippen LogP contribution in [0.4, 0.5) is 0 Å². The van der Waals surface area contributed by atoms with Gasteiger partial charge in [0, 0.05) is 35.1 Å². The Morgan fingerprint density at radius 2 is 1.33 bits per heavy atom. The average Bonchev–Trinajstić information content (AvgIpc) is 2.72. The first-order valence-electron chi connectivity index (χ1n) is 13.0. The van der Waals surface area contributed by atoms with Crippen molar-refractivity contribution in [3.05, 3.63) is 78.0 Å². The number of carbonyl (C=O) groups is 1. The van der Waals surface area contributed by atoms with Crippen LogP contribution in [0.15, 0.2) is 62.6 Å². The molecule has 0 unspecified atom stereocenters. The fourth-order valence-corrected chi connectivity index (χ4v) is 7.06. The van der Waals surface area contributed by atoms with Crippen LogP contribution >= 0.6 is 23.1 Å². The molecule has 2 heterocycles. The summed E-state index contributed by atoms with van der Waals surface area (Å²) in [6, 6.07) is 4.24. The van der Waals surface area contributed by atoms with Crippen molar-refractivity contribution in [1.29, 1.82) is 0 Å². The lowest BCUT2D eigenvalue weighted by Gasteiger charge is -2.30. The number of thioether (sulfide) groups is 1. The summed E-state index contributed by atoms with van der Waals surface area (Å²) in [7, 11) is 0. The maximum absolute atomic E-state index is 13.1. The molecule has 36 heavy (non-hydrogen) atoms. The van der Waals surface area contributed by atoms with E-state index in [4.69, 9.17) is 0 Å². The first-order valence-corrected chi connectivity index (χ1v) is 14.6. The molecule has 0 saturated heterocycles. The van der Waals surface area contributed by atoms with Crippen LogP contribution in [0.2, 0.25) is 0 Å². The Bertz CT molecular complexity index is 1130. The summed E-state index contributed by atoms with van der Waals surface area (Å²) in [6.07, 6.45) is 9.82. The van der Waals surface area contributed by atoms with E-state index in [1.165, 1.54) is 19.6 Å². The predicted octanol–water partition coefficient (Wildman–Crippen LogP) is 9.17. The van der Waals surface area contributed by atoms with Gasteiger partial charge in [-0.05, 0) is 68.9 Å². The van der Waals surface area contributed by atoms with Crippen molar-refractivity contribution in [3.8, 4) is 0 Å². The zero-order valence-corrected chi connectivity index (χ0v) is 25.3. The standard InChI is InChI=1S/C32H42O2S2/c1-19(2)27-15-22(16-28(36-27)20(3)4)14-26-29(33)25(30(26)34)13-21-11-23(17-31(5,6)7)35-24(12-21)18-32(8,9)10/h11-16,19-20H,17-18H2,1-10H3. The Labute approximate surface area is 227 Å². The minimum Gasteiger partial charge on any atom is -0.871 e. The number of carbonyl (C=O) groups excluding carboxylic acids is 1. The second-order valence-corrected chi connectivity index (χ2v) is 15.5. The highest BCUT2D eigenvalue weighted by molar-refractivity contribution is 8.06. The number of rotatable bonds is 6. The molecule has 0 radical (unpaired) electrons. The number of allylic oxidation sites excluding steroid dienone is 8. The van der Waals surface area contributed by atoms with Crippen molar-refractivity contribution in [3.63, 3.8) is 0 Å². The molecule has 1 aromatic heterocycles. The van der Waals surface area contributed by atoms with Crippen molar-refractivity contribution < 1.29 is 9.90 Å². The van der Waals surface area contributed by atoms with Gasteiger partial charge in [-0.3, -0.25) is 4.79 Å². The average molecular weight is 523 g/mol. The van der Waals surface area contributed by atoms with E-state index < -0.39 is 0 Å². The van der Waals surface area contributed by atoms with Gasteiger partial charge in [0.15, 0.2) is 5.78 Å². The highest BCUT2D eigenvalue weighted by atomic mass is 32.2. The second kappa shape index (κ2) is 10.8. The van der Waals surface area contributed by atoms with Gasteiger partial charge in [-0.15, -0.1) is 0 Å². The van der Waals surface area contributed by atoms with E-state index in [-0.39, 0.29) is 22.4 Å². The molecule has 1 aliphatic carbocycles. The molecular weight excluding hydrogens is 480 g/mol. The van der Waals surface area contributed by atoms with Crippen LogP contribution < -0.4 is 5.11 Å². The molecule has 0 aromatic carbocycles. The van der Waals surface area contributed by atoms with Crippen LogP contribution in [0.25, 0.3) is 6.08 Å². The van der Waals surface area contributed by atoms with Gasteiger partial charge in [0.25, 0.3) is 0 Å². The Kier molecular flexibility index (Phi) is 8.62. The van der Waals surface area contributed by atoms with E-state index in [1.54, 1.807) is 12.2 Å². The lowest BCUT2D eigenvalue weighted by Crippen LogP contribution is -2.29. The normalized spacial score (nSPS) is 18.2. The minimum absolute atomic E-state index is 0.146. The Hall–Kier alpha value is -1.91. The predicted molar refractivity (Wildman–Crippen MR) is 157 cm³/mol. The van der Waals surface area contributed by atoms with E-state index in [9.17, 15) is 9.90 Å². The fraction of sp³-hybridized carbons (Fsp3) is 0.500. The molecule has 0 N–H and O–H groups in total. The van der Waals surface area contributed by atoms with Crippen molar-refractivity contribution >= 4 is 35.0 Å². The number of hydrogen-bond acceptors (Lipinski definition) is 3. The first-order chi connectivity index (χ1) is 16.5. The SMILES string of the molecule is CC(C)c1cc(C=C2C(=O)C(C=C3C=C(CC(C)(C)C)SC(CC(C)(C)C)=C3)=C2[O-])cc(C(C)C)[s+]1. The summed E-state index contributed by atoms with van der Waals surface area (Å²) >= 11 is 3.65. The summed E-state index contributed by atoms with van der Waals surface area (Å²) in [6.45, 7) is 22.1. The largest absolute Gasteiger partial charge is 0.871 e. The highest BCUT2D eigenvalue weighted by Gasteiger charge is 2.28. The third kappa shape index (κ3) is 7.55. The van der Waals surface area contributed by atoms with Crippen LogP contribution in [0.5, 0.6) is 0 Å². The molecule has 0 saturated carbocycles. The molecule has 4 heteroatoms. The van der Waals surface area contributed by atoms with Crippen LogP contribution in [-0.2, 0) is 4.79 Å². The lowest BCUT2D eigenvalue weighted by molar-refractivity contribution is -0.300. The maximum atomic E-state index is 13.1. The van der Waals surface area contributed by atoms with E-state index >= 15 is 0 Å². The van der Waals surface area contributed by atoms with Gasteiger partial charge in [0.05, 0.1) is 0 Å². The molecule has 1 aliphatic heterocycles. The zero-order valence-electron chi connectivity index (χ0n) is 23.7. The summed E-state index contributed by atoms with van der Waals surface area (Å²) in [4.78, 5) is 18.2. The quantitative estimate of drug-likeness (QED) is 0.276. The van der Waals surface area contributed by atoms with Crippen LogP contribution in [0.1, 0.15) is 109 Å². The summed E-state index contributed by atoms with van der Waals surface area (Å²) in [5, 5.41) is 13.1. The van der Waals surface area contributed by atoms with E-state index in [0.29, 0.717) is 23.0 Å². The van der Waals surface area contributed by atoms with Gasteiger partial charge in [-0.25, -0.2) is 0 Å². The summed E-state index contributed by atoms with van der Waals surface area (Å²) in [5.41, 5.74) is 2.82. The monoisotopic (exact) mass is 522 g/mol. The molecule has 3 rings (SSSR count). The molecular formula is C32H42O2S2. The van der Waals surface area contributed by atoms with Crippen molar-refractivity contribution in [2.24, 2.45) is 10.8 Å². The second-order valence-electron chi connectivity index (χ2n) is 13.1. The van der Waals surface area contributed by atoms with E-state index in [1.807, 2.05) is 23.1 Å². The molecule has 0 atom stereocenters. The highest BCUT2D eigenvalue weighted by Crippen LogP contribution is 2.44. The van der Waals surface area contributed by atoms with E-state index in [0.717, 1.165) is 24.0 Å². The lowest BCUT2D eigenvalue weighted by atomic mass is 9.85. The number of Topliss-reactive ketones (excluding diaryl/α,β-unsaturated/α-hetero) is 1. The van der Waals surface area contributed by atoms with Gasteiger partial charge in [-0.2, -0.15) is 0 Å². The third-order valence-corrected chi connectivity index (χ3v) is 8.62. The topological polar surface area (TPSA) is 40.1 Å². The smallest absolute Gasteiger partial charge is 0.218 e. The molecule has 0 spiro atoms.